The maximum Gasteiger partial charge on any atom is 0.272 e. The Morgan fingerprint density at radius 3 is 3.00 bits per heavy atom. The molecule has 2 aromatic rings. The van der Waals surface area contributed by atoms with Gasteiger partial charge in [-0.15, -0.1) is 0 Å². The van der Waals surface area contributed by atoms with Crippen molar-refractivity contribution in [1.29, 1.82) is 0 Å². The molecule has 5 nitrogen and oxygen atoms in total. The van der Waals surface area contributed by atoms with Gasteiger partial charge >= 0.3 is 0 Å². The Morgan fingerprint density at radius 1 is 1.40 bits per heavy atom. The lowest BCUT2D eigenvalue weighted by atomic mass is 9.97. The van der Waals surface area contributed by atoms with Gasteiger partial charge in [-0.25, -0.2) is 0 Å². The summed E-state index contributed by atoms with van der Waals surface area (Å²) in [6.45, 7) is 4.06. The third-order valence-corrected chi connectivity index (χ3v) is 3.88. The van der Waals surface area contributed by atoms with Crippen LogP contribution in [0.1, 0.15) is 23.8 Å². The minimum Gasteiger partial charge on any atom is -0.347 e. The highest BCUT2D eigenvalue weighted by molar-refractivity contribution is 6.04. The van der Waals surface area contributed by atoms with Crippen LogP contribution in [0.5, 0.6) is 0 Å². The van der Waals surface area contributed by atoms with Crippen LogP contribution in [0.2, 0.25) is 0 Å². The molecule has 2 heterocycles. The van der Waals surface area contributed by atoms with Crippen molar-refractivity contribution >= 4 is 16.8 Å². The first kappa shape index (κ1) is 13.1. The second-order valence-electron chi connectivity index (χ2n) is 5.66. The van der Waals surface area contributed by atoms with Crippen LogP contribution >= 0.6 is 0 Å². The van der Waals surface area contributed by atoms with E-state index in [4.69, 9.17) is 0 Å². The molecular weight excluding hydrogens is 252 g/mol. The number of benzene rings is 1. The molecule has 0 spiro atoms. The molecule has 1 aromatic carbocycles. The van der Waals surface area contributed by atoms with E-state index in [1.165, 1.54) is 0 Å². The predicted molar refractivity (Wildman–Crippen MR) is 78.6 cm³/mol. The Kier molecular flexibility index (Phi) is 3.44. The lowest BCUT2D eigenvalue weighted by Gasteiger charge is -2.28. The third-order valence-electron chi connectivity index (χ3n) is 3.88. The van der Waals surface area contributed by atoms with E-state index in [0.29, 0.717) is 11.6 Å². The lowest BCUT2D eigenvalue weighted by molar-refractivity contribution is 0.0921. The van der Waals surface area contributed by atoms with Gasteiger partial charge in [0.25, 0.3) is 5.91 Å². The van der Waals surface area contributed by atoms with Crippen LogP contribution in [-0.4, -0.2) is 34.8 Å². The van der Waals surface area contributed by atoms with E-state index in [1.807, 2.05) is 31.3 Å². The summed E-state index contributed by atoms with van der Waals surface area (Å²) in [5, 5.41) is 11.7. The molecule has 1 saturated heterocycles. The quantitative estimate of drug-likeness (QED) is 0.866. The van der Waals surface area contributed by atoms with Crippen molar-refractivity contribution < 1.29 is 4.79 Å². The molecule has 0 radical (unpaired) electrons. The number of hydrogen-bond acceptors (Lipinski definition) is 3. The fourth-order valence-corrected chi connectivity index (χ4v) is 2.90. The van der Waals surface area contributed by atoms with Gasteiger partial charge in [-0.05, 0) is 24.9 Å². The van der Waals surface area contributed by atoms with Crippen LogP contribution in [-0.2, 0) is 7.05 Å². The maximum absolute atomic E-state index is 12.4. The van der Waals surface area contributed by atoms with Crippen molar-refractivity contribution in [1.82, 2.24) is 20.4 Å². The van der Waals surface area contributed by atoms with Gasteiger partial charge in [0.1, 0.15) is 0 Å². The SMILES string of the molecule is CC1CNCC(NC(=O)c2nn(C)c3ccccc23)C1. The summed E-state index contributed by atoms with van der Waals surface area (Å²) in [4.78, 5) is 12.4. The predicted octanol–water partition coefficient (Wildman–Crippen LogP) is 1.30. The van der Waals surface area contributed by atoms with Gasteiger partial charge in [0.05, 0.1) is 5.52 Å². The molecule has 2 N–H and O–H groups in total. The highest BCUT2D eigenvalue weighted by atomic mass is 16.2. The van der Waals surface area contributed by atoms with E-state index < -0.39 is 0 Å². The molecule has 1 amide bonds. The van der Waals surface area contributed by atoms with E-state index in [0.717, 1.165) is 30.4 Å². The van der Waals surface area contributed by atoms with Crippen LogP contribution in [0.3, 0.4) is 0 Å². The Balaban J connectivity index is 1.82. The summed E-state index contributed by atoms with van der Waals surface area (Å²) in [6, 6.07) is 8.00. The van der Waals surface area contributed by atoms with E-state index in [9.17, 15) is 4.79 Å². The number of fused-ring (bicyclic) bond motifs is 1. The number of aryl methyl sites for hydroxylation is 1. The van der Waals surface area contributed by atoms with Crippen molar-refractivity contribution in [3.8, 4) is 0 Å². The molecular formula is C15H20N4O. The molecule has 3 rings (SSSR count). The first-order valence-electron chi connectivity index (χ1n) is 7.08. The van der Waals surface area contributed by atoms with Crippen molar-refractivity contribution in [2.24, 2.45) is 13.0 Å². The van der Waals surface area contributed by atoms with Crippen LogP contribution in [0, 0.1) is 5.92 Å². The number of piperidine rings is 1. The number of carbonyl (C=O) groups is 1. The summed E-state index contributed by atoms with van der Waals surface area (Å²) in [6.07, 6.45) is 1.02. The molecule has 1 aliphatic heterocycles. The monoisotopic (exact) mass is 272 g/mol. The summed E-state index contributed by atoms with van der Waals surface area (Å²) in [5.74, 6) is 0.511. The Hall–Kier alpha value is -1.88. The molecule has 1 fully saturated rings. The number of nitrogens with one attached hydrogen (secondary N) is 2. The molecule has 20 heavy (non-hydrogen) atoms. The van der Waals surface area contributed by atoms with E-state index in [2.05, 4.69) is 22.7 Å². The Bertz CT molecular complexity index is 634. The molecule has 106 valence electrons. The maximum atomic E-state index is 12.4. The standard InChI is InChI=1S/C15H20N4O/c1-10-7-11(9-16-8-10)17-15(20)14-12-5-3-4-6-13(12)19(2)18-14/h3-6,10-11,16H,7-9H2,1-2H3,(H,17,20). The van der Waals surface area contributed by atoms with Crippen LogP contribution < -0.4 is 10.6 Å². The Morgan fingerprint density at radius 2 is 2.20 bits per heavy atom. The number of hydrogen-bond donors (Lipinski definition) is 2. The molecule has 1 aromatic heterocycles. The minimum atomic E-state index is -0.0808. The largest absolute Gasteiger partial charge is 0.347 e. The molecule has 2 atom stereocenters. The van der Waals surface area contributed by atoms with Gasteiger partial charge in [0, 0.05) is 25.0 Å². The second kappa shape index (κ2) is 5.25. The summed E-state index contributed by atoms with van der Waals surface area (Å²) in [7, 11) is 1.86. The molecule has 0 aliphatic carbocycles. The molecule has 1 aliphatic rings. The average molecular weight is 272 g/mol. The second-order valence-corrected chi connectivity index (χ2v) is 5.66. The van der Waals surface area contributed by atoms with E-state index in [1.54, 1.807) is 4.68 Å². The van der Waals surface area contributed by atoms with Crippen LogP contribution in [0.15, 0.2) is 24.3 Å². The first-order chi connectivity index (χ1) is 9.65. The molecule has 2 unspecified atom stereocenters. The van der Waals surface area contributed by atoms with Gasteiger partial charge in [-0.3, -0.25) is 9.48 Å². The van der Waals surface area contributed by atoms with Gasteiger partial charge in [0.15, 0.2) is 5.69 Å². The summed E-state index contributed by atoms with van der Waals surface area (Å²) in [5.41, 5.74) is 1.49. The molecule has 0 bridgehead atoms. The van der Waals surface area contributed by atoms with Crippen LogP contribution in [0.4, 0.5) is 0 Å². The average Bonchev–Trinajstić information content (AvgIpc) is 2.77. The van der Waals surface area contributed by atoms with Crippen molar-refractivity contribution in [2.75, 3.05) is 13.1 Å². The van der Waals surface area contributed by atoms with Gasteiger partial charge in [0.2, 0.25) is 0 Å². The van der Waals surface area contributed by atoms with Gasteiger partial charge in [-0.2, -0.15) is 5.10 Å². The molecule has 5 heteroatoms. The highest BCUT2D eigenvalue weighted by Gasteiger charge is 2.23. The smallest absolute Gasteiger partial charge is 0.272 e. The van der Waals surface area contributed by atoms with Gasteiger partial charge < -0.3 is 10.6 Å². The topological polar surface area (TPSA) is 58.9 Å². The number of para-hydroxylation sites is 1. The zero-order chi connectivity index (χ0) is 14.1. The van der Waals surface area contributed by atoms with Crippen molar-refractivity contribution in [3.05, 3.63) is 30.0 Å². The first-order valence-corrected chi connectivity index (χ1v) is 7.08. The number of aromatic nitrogens is 2. The number of nitrogens with zero attached hydrogens (tertiary/aromatic N) is 2. The number of carbonyl (C=O) groups excluding carboxylic acids is 1. The number of amides is 1. The van der Waals surface area contributed by atoms with Crippen molar-refractivity contribution in [3.63, 3.8) is 0 Å². The zero-order valence-electron chi connectivity index (χ0n) is 11.9. The fraction of sp³-hybridized carbons (Fsp3) is 0.467. The molecule has 0 saturated carbocycles. The minimum absolute atomic E-state index is 0.0808. The van der Waals surface area contributed by atoms with Crippen molar-refractivity contribution in [2.45, 2.75) is 19.4 Å². The van der Waals surface area contributed by atoms with Crippen LogP contribution in [0.25, 0.3) is 10.9 Å². The van der Waals surface area contributed by atoms with E-state index >= 15 is 0 Å². The number of rotatable bonds is 2. The third kappa shape index (κ3) is 2.41. The fourth-order valence-electron chi connectivity index (χ4n) is 2.90. The summed E-state index contributed by atoms with van der Waals surface area (Å²) >= 11 is 0. The zero-order valence-corrected chi connectivity index (χ0v) is 11.9. The highest BCUT2D eigenvalue weighted by Crippen LogP contribution is 2.18. The lowest BCUT2D eigenvalue weighted by Crippen LogP contribution is -2.48. The summed E-state index contributed by atoms with van der Waals surface area (Å²) < 4.78 is 1.76. The normalized spacial score (nSPS) is 22.9. The van der Waals surface area contributed by atoms with E-state index in [-0.39, 0.29) is 11.9 Å². The Labute approximate surface area is 118 Å². The van der Waals surface area contributed by atoms with Gasteiger partial charge in [-0.1, -0.05) is 25.1 Å².